The molecule has 1 aliphatic carbocycles. The van der Waals surface area contributed by atoms with Gasteiger partial charge in [0.25, 0.3) is 10.2 Å². The van der Waals surface area contributed by atoms with Crippen LogP contribution >= 0.6 is 11.8 Å². The van der Waals surface area contributed by atoms with Gasteiger partial charge in [-0.1, -0.05) is 6.92 Å². The van der Waals surface area contributed by atoms with Crippen LogP contribution in [0.25, 0.3) is 0 Å². The van der Waals surface area contributed by atoms with E-state index in [4.69, 9.17) is 16.9 Å². The summed E-state index contributed by atoms with van der Waals surface area (Å²) < 4.78 is 25.6. The summed E-state index contributed by atoms with van der Waals surface area (Å²) in [5.74, 6) is 0. The molecule has 1 heterocycles. The lowest BCUT2D eigenvalue weighted by Gasteiger charge is -2.58. The summed E-state index contributed by atoms with van der Waals surface area (Å²) in [6.45, 7) is 3.99. The molecule has 5 nitrogen and oxygen atoms in total. The number of nitrogens with zero attached hydrogens (tertiary/aromatic N) is 2. The molecule has 0 bridgehead atoms. The van der Waals surface area contributed by atoms with Gasteiger partial charge in [0, 0.05) is 31.1 Å². The molecule has 1 saturated heterocycles. The summed E-state index contributed by atoms with van der Waals surface area (Å²) >= 11 is 5.77. The zero-order chi connectivity index (χ0) is 11.3. The lowest BCUT2D eigenvalue weighted by atomic mass is 9.61. The fraction of sp³-hybridized carbons (Fsp3) is 1.00. The molecule has 0 atom stereocenters. The number of hydrogen-bond donors (Lipinski definition) is 1. The normalized spacial score (nSPS) is 26.7. The summed E-state index contributed by atoms with van der Waals surface area (Å²) in [5.41, 5.74) is 0.268. The Hall–Kier alpha value is 0.120. The predicted molar refractivity (Wildman–Crippen MR) is 58.4 cm³/mol. The van der Waals surface area contributed by atoms with E-state index < -0.39 is 10.2 Å². The van der Waals surface area contributed by atoms with Crippen LogP contribution in [0.3, 0.4) is 0 Å². The van der Waals surface area contributed by atoms with Gasteiger partial charge >= 0.3 is 0 Å². The lowest BCUT2D eigenvalue weighted by molar-refractivity contribution is -0.0535. The molecule has 0 unspecified atom stereocenters. The maximum Gasteiger partial charge on any atom is 0.277 e. The average Bonchev–Trinajstić information content (AvgIpc) is 1.95. The Morgan fingerprint density at radius 3 is 2.40 bits per heavy atom. The van der Waals surface area contributed by atoms with Gasteiger partial charge in [0.2, 0.25) is 0 Å². The monoisotopic (exact) mass is 253 g/mol. The van der Waals surface area contributed by atoms with Crippen molar-refractivity contribution in [3.8, 4) is 0 Å². The van der Waals surface area contributed by atoms with Gasteiger partial charge in [-0.15, -0.1) is 0 Å². The van der Waals surface area contributed by atoms with Gasteiger partial charge in [0.05, 0.1) is 0 Å². The van der Waals surface area contributed by atoms with Gasteiger partial charge in [0.1, 0.15) is 0 Å². The van der Waals surface area contributed by atoms with Crippen LogP contribution in [0, 0.1) is 5.41 Å². The Morgan fingerprint density at radius 1 is 1.53 bits per heavy atom. The quantitative estimate of drug-likeness (QED) is 0.727. The molecule has 7 heteroatoms. The predicted octanol–water partition coefficient (Wildman–Crippen LogP) is 0.130. The topological polar surface area (TPSA) is 66.6 Å². The Bertz CT molecular complexity index is 345. The van der Waals surface area contributed by atoms with E-state index in [1.807, 2.05) is 6.92 Å². The first-order valence-electron chi connectivity index (χ1n) is 5.07. The van der Waals surface area contributed by atoms with Crippen LogP contribution in [0.4, 0.5) is 0 Å². The Balaban J connectivity index is 1.93. The Kier molecular flexibility index (Phi) is 2.76. The molecule has 2 fully saturated rings. The molecule has 0 aromatic heterocycles. The fourth-order valence-corrected chi connectivity index (χ4v) is 4.16. The van der Waals surface area contributed by atoms with Crippen molar-refractivity contribution in [3.05, 3.63) is 0 Å². The Morgan fingerprint density at radius 2 is 2.07 bits per heavy atom. The van der Waals surface area contributed by atoms with Crippen molar-refractivity contribution >= 4 is 22.0 Å². The highest BCUT2D eigenvalue weighted by molar-refractivity contribution is 7.86. The minimum Gasteiger partial charge on any atom is -0.219 e. The summed E-state index contributed by atoms with van der Waals surface area (Å²) in [6.07, 6.45) is 1.78. The summed E-state index contributed by atoms with van der Waals surface area (Å²) in [7, 11) is -3.54. The highest BCUT2D eigenvalue weighted by Crippen LogP contribution is 2.50. The van der Waals surface area contributed by atoms with Crippen LogP contribution in [-0.2, 0) is 10.2 Å². The highest BCUT2D eigenvalue weighted by Gasteiger charge is 2.54. The SMILES string of the molecule is CCN(C1CC2(C1)CN(Cl)C2)S(N)(=O)=O. The van der Waals surface area contributed by atoms with Crippen LogP contribution in [0.1, 0.15) is 19.8 Å². The molecule has 2 N–H and O–H groups in total. The van der Waals surface area contributed by atoms with Crippen LogP contribution in [0.5, 0.6) is 0 Å². The molecular weight excluding hydrogens is 238 g/mol. The smallest absolute Gasteiger partial charge is 0.219 e. The second-order valence-corrected chi connectivity index (χ2v) is 6.57. The third kappa shape index (κ3) is 2.01. The minimum atomic E-state index is -3.54. The molecular formula is C8H16ClN3O2S. The van der Waals surface area contributed by atoms with Crippen molar-refractivity contribution in [1.29, 1.82) is 0 Å². The van der Waals surface area contributed by atoms with E-state index in [1.165, 1.54) is 4.31 Å². The van der Waals surface area contributed by atoms with Crippen molar-refractivity contribution in [3.63, 3.8) is 0 Å². The van der Waals surface area contributed by atoms with Gasteiger partial charge in [-0.05, 0) is 24.6 Å². The van der Waals surface area contributed by atoms with Gasteiger partial charge < -0.3 is 0 Å². The molecule has 1 saturated carbocycles. The van der Waals surface area contributed by atoms with Crippen LogP contribution in [0.2, 0.25) is 0 Å². The fourth-order valence-electron chi connectivity index (χ4n) is 2.73. The molecule has 88 valence electrons. The second-order valence-electron chi connectivity index (χ2n) is 4.59. The number of rotatable bonds is 3. The number of nitrogens with two attached hydrogens (primary N) is 1. The highest BCUT2D eigenvalue weighted by atomic mass is 35.5. The minimum absolute atomic E-state index is 0.0790. The van der Waals surface area contributed by atoms with E-state index in [0.717, 1.165) is 25.9 Å². The third-order valence-corrected chi connectivity index (χ3v) is 4.85. The standard InChI is InChI=1S/C8H16ClN3O2S/c1-2-12(15(10,13)14)7-3-8(4-7)5-11(9)6-8/h7H,2-6H2,1H3,(H2,10,13,14). The lowest BCUT2D eigenvalue weighted by Crippen LogP contribution is -2.65. The summed E-state index contributed by atoms with van der Waals surface area (Å²) in [4.78, 5) is 0. The van der Waals surface area contributed by atoms with Gasteiger partial charge in [-0.3, -0.25) is 0 Å². The maximum atomic E-state index is 11.2. The van der Waals surface area contributed by atoms with Gasteiger partial charge in [-0.25, -0.2) is 9.56 Å². The largest absolute Gasteiger partial charge is 0.277 e. The maximum absolute atomic E-state index is 11.2. The molecule has 0 aromatic rings. The van der Waals surface area contributed by atoms with E-state index in [1.54, 1.807) is 4.42 Å². The van der Waals surface area contributed by atoms with E-state index >= 15 is 0 Å². The van der Waals surface area contributed by atoms with Gasteiger partial charge in [0.15, 0.2) is 0 Å². The molecule has 2 rings (SSSR count). The molecule has 0 radical (unpaired) electrons. The summed E-state index contributed by atoms with van der Waals surface area (Å²) in [5, 5.41) is 5.14. The van der Waals surface area contributed by atoms with Crippen LogP contribution < -0.4 is 5.14 Å². The third-order valence-electron chi connectivity index (χ3n) is 3.40. The van der Waals surface area contributed by atoms with E-state index in [-0.39, 0.29) is 11.5 Å². The number of halogens is 1. The zero-order valence-corrected chi connectivity index (χ0v) is 10.3. The van der Waals surface area contributed by atoms with Crippen molar-refractivity contribution in [1.82, 2.24) is 8.72 Å². The van der Waals surface area contributed by atoms with Crippen molar-refractivity contribution in [2.45, 2.75) is 25.8 Å². The molecule has 1 spiro atoms. The first-order chi connectivity index (χ1) is 6.86. The van der Waals surface area contributed by atoms with E-state index in [9.17, 15) is 8.42 Å². The summed E-state index contributed by atoms with van der Waals surface area (Å²) in [6, 6.07) is 0.0790. The average molecular weight is 254 g/mol. The van der Waals surface area contributed by atoms with E-state index in [0.29, 0.717) is 6.54 Å². The number of hydrogen-bond acceptors (Lipinski definition) is 3. The van der Waals surface area contributed by atoms with Gasteiger partial charge in [-0.2, -0.15) is 12.7 Å². The first kappa shape index (κ1) is 11.6. The second kappa shape index (κ2) is 3.56. The zero-order valence-electron chi connectivity index (χ0n) is 8.69. The molecule has 1 aliphatic heterocycles. The molecule has 0 amide bonds. The van der Waals surface area contributed by atoms with E-state index in [2.05, 4.69) is 0 Å². The van der Waals surface area contributed by atoms with Crippen molar-refractivity contribution in [2.75, 3.05) is 19.6 Å². The Labute approximate surface area is 95.5 Å². The van der Waals surface area contributed by atoms with Crippen molar-refractivity contribution < 1.29 is 8.42 Å². The van der Waals surface area contributed by atoms with Crippen LogP contribution in [0.15, 0.2) is 0 Å². The first-order valence-corrected chi connectivity index (χ1v) is 6.91. The molecule has 15 heavy (non-hydrogen) atoms. The molecule has 0 aromatic carbocycles. The van der Waals surface area contributed by atoms with Crippen LogP contribution in [-0.4, -0.2) is 42.8 Å². The molecule has 2 aliphatic rings. The van der Waals surface area contributed by atoms with Crippen molar-refractivity contribution in [2.24, 2.45) is 10.6 Å².